The lowest BCUT2D eigenvalue weighted by molar-refractivity contribution is -0.385. The zero-order chi connectivity index (χ0) is 11.7. The number of nitro groups is 1. The van der Waals surface area contributed by atoms with E-state index in [9.17, 15) is 10.1 Å². The van der Waals surface area contributed by atoms with Crippen molar-refractivity contribution < 1.29 is 4.92 Å². The molecule has 1 aromatic carbocycles. The van der Waals surface area contributed by atoms with Gasteiger partial charge in [0.15, 0.2) is 0 Å². The van der Waals surface area contributed by atoms with Gasteiger partial charge in [0, 0.05) is 23.5 Å². The first-order chi connectivity index (χ1) is 7.58. The van der Waals surface area contributed by atoms with Gasteiger partial charge in [0.1, 0.15) is 0 Å². The van der Waals surface area contributed by atoms with Gasteiger partial charge in [-0.15, -0.1) is 0 Å². The van der Waals surface area contributed by atoms with Crippen molar-refractivity contribution in [2.45, 2.75) is 6.92 Å². The summed E-state index contributed by atoms with van der Waals surface area (Å²) in [5, 5.41) is 10.8. The predicted octanol–water partition coefficient (Wildman–Crippen LogP) is 3.66. The highest BCUT2D eigenvalue weighted by atomic mass is 79.9. The summed E-state index contributed by atoms with van der Waals surface area (Å²) in [6.07, 6.45) is 1.86. The molecule has 5 heteroatoms. The summed E-state index contributed by atoms with van der Waals surface area (Å²) in [5.41, 5.74) is 2.86. The predicted molar refractivity (Wildman–Crippen MR) is 65.3 cm³/mol. The molecule has 0 fully saturated rings. The van der Waals surface area contributed by atoms with Crippen molar-refractivity contribution >= 4 is 21.6 Å². The van der Waals surface area contributed by atoms with Gasteiger partial charge >= 0.3 is 0 Å². The maximum atomic E-state index is 10.8. The summed E-state index contributed by atoms with van der Waals surface area (Å²) in [5.74, 6) is 0. The third kappa shape index (κ3) is 1.99. The highest BCUT2D eigenvalue weighted by Crippen LogP contribution is 2.30. The fraction of sp³-hybridized carbons (Fsp3) is 0.0909. The van der Waals surface area contributed by atoms with E-state index < -0.39 is 4.92 Å². The lowest BCUT2D eigenvalue weighted by Gasteiger charge is -2.00. The smallest absolute Gasteiger partial charge is 0.284 e. The second-order valence-electron chi connectivity index (χ2n) is 3.51. The van der Waals surface area contributed by atoms with Gasteiger partial charge in [-0.25, -0.2) is 0 Å². The number of H-pyrrole nitrogens is 1. The van der Waals surface area contributed by atoms with Gasteiger partial charge in [-0.05, 0) is 40.5 Å². The fourth-order valence-electron chi connectivity index (χ4n) is 1.49. The molecule has 16 heavy (non-hydrogen) atoms. The molecule has 0 saturated carbocycles. The molecule has 1 heterocycles. The van der Waals surface area contributed by atoms with Crippen molar-refractivity contribution in [1.29, 1.82) is 0 Å². The monoisotopic (exact) mass is 280 g/mol. The van der Waals surface area contributed by atoms with E-state index in [2.05, 4.69) is 20.9 Å². The van der Waals surface area contributed by atoms with Crippen molar-refractivity contribution in [2.24, 2.45) is 0 Å². The van der Waals surface area contributed by atoms with Crippen LogP contribution in [0.4, 0.5) is 5.69 Å². The van der Waals surface area contributed by atoms with Gasteiger partial charge in [-0.1, -0.05) is 6.07 Å². The number of nitrogens with one attached hydrogen (secondary N) is 1. The number of rotatable bonds is 2. The lowest BCUT2D eigenvalue weighted by Crippen LogP contribution is -1.90. The minimum absolute atomic E-state index is 0.0738. The first kappa shape index (κ1) is 10.9. The molecule has 0 atom stereocenters. The molecular weight excluding hydrogens is 272 g/mol. The van der Waals surface area contributed by atoms with E-state index in [1.165, 1.54) is 0 Å². The highest BCUT2D eigenvalue weighted by molar-refractivity contribution is 9.10. The SMILES string of the molecule is Cc1c[nH]c(-c2ccc(Br)c([N+](=O)[O-])c2)c1. The number of hydrogen-bond donors (Lipinski definition) is 1. The highest BCUT2D eigenvalue weighted by Gasteiger charge is 2.13. The minimum Gasteiger partial charge on any atom is -0.361 e. The number of nitrogens with zero attached hydrogens (tertiary/aromatic N) is 1. The Kier molecular flexibility index (Phi) is 2.78. The van der Waals surface area contributed by atoms with Crippen LogP contribution < -0.4 is 0 Å². The molecule has 0 aliphatic rings. The molecule has 1 N–H and O–H groups in total. The summed E-state index contributed by atoms with van der Waals surface area (Å²) in [6, 6.07) is 7.02. The number of aryl methyl sites for hydroxylation is 1. The number of hydrogen-bond acceptors (Lipinski definition) is 2. The van der Waals surface area contributed by atoms with Crippen LogP contribution in [0.5, 0.6) is 0 Å². The van der Waals surface area contributed by atoms with Crippen LogP contribution in [-0.4, -0.2) is 9.91 Å². The topological polar surface area (TPSA) is 58.9 Å². The van der Waals surface area contributed by atoms with Crippen molar-refractivity contribution in [3.63, 3.8) is 0 Å². The van der Waals surface area contributed by atoms with E-state index in [1.807, 2.05) is 25.3 Å². The molecular formula is C11H9BrN2O2. The van der Waals surface area contributed by atoms with Crippen molar-refractivity contribution in [3.05, 3.63) is 50.6 Å². The number of halogens is 1. The van der Waals surface area contributed by atoms with Gasteiger partial charge in [-0.3, -0.25) is 10.1 Å². The van der Waals surface area contributed by atoms with Crippen LogP contribution in [0.15, 0.2) is 34.9 Å². The van der Waals surface area contributed by atoms with E-state index >= 15 is 0 Å². The molecule has 0 amide bonds. The molecule has 4 nitrogen and oxygen atoms in total. The van der Waals surface area contributed by atoms with Crippen LogP contribution in [0.2, 0.25) is 0 Å². The maximum Gasteiger partial charge on any atom is 0.284 e. The van der Waals surface area contributed by atoms with E-state index in [1.54, 1.807) is 12.1 Å². The van der Waals surface area contributed by atoms with E-state index in [-0.39, 0.29) is 5.69 Å². The standard InChI is InChI=1S/C11H9BrN2O2/c1-7-4-10(13-6-7)8-2-3-9(12)11(5-8)14(15)16/h2-6,13H,1H3. The molecule has 0 radical (unpaired) electrons. The Morgan fingerprint density at radius 1 is 1.38 bits per heavy atom. The summed E-state index contributed by atoms with van der Waals surface area (Å²) >= 11 is 3.16. The number of nitro benzene ring substituents is 1. The van der Waals surface area contributed by atoms with Gasteiger partial charge < -0.3 is 4.98 Å². The number of aromatic amines is 1. The Morgan fingerprint density at radius 3 is 2.69 bits per heavy atom. The third-order valence-electron chi connectivity index (χ3n) is 2.28. The second kappa shape index (κ2) is 4.09. The van der Waals surface area contributed by atoms with Crippen LogP contribution in [0.3, 0.4) is 0 Å². The average molecular weight is 281 g/mol. The minimum atomic E-state index is -0.399. The van der Waals surface area contributed by atoms with Crippen molar-refractivity contribution in [1.82, 2.24) is 4.98 Å². The summed E-state index contributed by atoms with van der Waals surface area (Å²) in [7, 11) is 0. The third-order valence-corrected chi connectivity index (χ3v) is 2.95. The van der Waals surface area contributed by atoms with E-state index in [0.29, 0.717) is 4.47 Å². The Labute approximate surface area is 101 Å². The van der Waals surface area contributed by atoms with Crippen molar-refractivity contribution in [2.75, 3.05) is 0 Å². The molecule has 0 spiro atoms. The average Bonchev–Trinajstić information content (AvgIpc) is 2.65. The fourth-order valence-corrected chi connectivity index (χ4v) is 1.88. The Bertz CT molecular complexity index is 549. The van der Waals surface area contributed by atoms with Crippen LogP contribution in [-0.2, 0) is 0 Å². The van der Waals surface area contributed by atoms with Gasteiger partial charge in [-0.2, -0.15) is 0 Å². The van der Waals surface area contributed by atoms with Crippen LogP contribution in [0, 0.1) is 17.0 Å². The molecule has 1 aromatic heterocycles. The van der Waals surface area contributed by atoms with Crippen LogP contribution >= 0.6 is 15.9 Å². The van der Waals surface area contributed by atoms with Gasteiger partial charge in [0.25, 0.3) is 5.69 Å². The summed E-state index contributed by atoms with van der Waals surface area (Å²) in [4.78, 5) is 13.4. The first-order valence-corrected chi connectivity index (χ1v) is 5.46. The van der Waals surface area contributed by atoms with Crippen LogP contribution in [0.1, 0.15) is 5.56 Å². The zero-order valence-corrected chi connectivity index (χ0v) is 10.1. The van der Waals surface area contributed by atoms with E-state index in [0.717, 1.165) is 16.8 Å². The maximum absolute atomic E-state index is 10.8. The van der Waals surface area contributed by atoms with Crippen molar-refractivity contribution in [3.8, 4) is 11.3 Å². The molecule has 0 bridgehead atoms. The summed E-state index contributed by atoms with van der Waals surface area (Å²) in [6.45, 7) is 1.97. The second-order valence-corrected chi connectivity index (χ2v) is 4.37. The van der Waals surface area contributed by atoms with E-state index in [4.69, 9.17) is 0 Å². The van der Waals surface area contributed by atoms with Gasteiger partial charge in [0.2, 0.25) is 0 Å². The lowest BCUT2D eigenvalue weighted by atomic mass is 10.1. The summed E-state index contributed by atoms with van der Waals surface area (Å²) < 4.78 is 0.490. The molecule has 82 valence electrons. The largest absolute Gasteiger partial charge is 0.361 e. The zero-order valence-electron chi connectivity index (χ0n) is 8.53. The normalized spacial score (nSPS) is 10.4. The molecule has 0 aliphatic carbocycles. The van der Waals surface area contributed by atoms with Crippen LogP contribution in [0.25, 0.3) is 11.3 Å². The van der Waals surface area contributed by atoms with Gasteiger partial charge in [0.05, 0.1) is 9.40 Å². The Hall–Kier alpha value is -1.62. The number of aromatic nitrogens is 1. The first-order valence-electron chi connectivity index (χ1n) is 4.67. The molecule has 0 aliphatic heterocycles. The molecule has 0 saturated heterocycles. The molecule has 0 unspecified atom stereocenters. The Balaban J connectivity index is 2.51. The molecule has 2 aromatic rings. The quantitative estimate of drug-likeness (QED) is 0.674. The molecule has 2 rings (SSSR count). The number of benzene rings is 1. The Morgan fingerprint density at radius 2 is 2.12 bits per heavy atom.